The predicted molar refractivity (Wildman–Crippen MR) is 89.0 cm³/mol. The molecule has 0 aliphatic carbocycles. The lowest BCUT2D eigenvalue weighted by Gasteiger charge is -2.14. The molecule has 0 spiro atoms. The lowest BCUT2D eigenvalue weighted by atomic mass is 10.0. The van der Waals surface area contributed by atoms with Gasteiger partial charge >= 0.3 is 0 Å². The highest BCUT2D eigenvalue weighted by molar-refractivity contribution is 6.41. The van der Waals surface area contributed by atoms with Crippen LogP contribution in [-0.4, -0.2) is 6.54 Å². The third-order valence-corrected chi connectivity index (χ3v) is 4.03. The Hall–Kier alpha value is -0.730. The van der Waals surface area contributed by atoms with Crippen LogP contribution in [0.2, 0.25) is 15.1 Å². The van der Waals surface area contributed by atoms with Crippen molar-refractivity contribution in [3.05, 3.63) is 57.0 Å². The molecule has 106 valence electrons. The number of benzene rings is 2. The second-order valence-corrected chi connectivity index (χ2v) is 5.90. The van der Waals surface area contributed by atoms with Gasteiger partial charge in [0.2, 0.25) is 0 Å². The molecule has 1 nitrogen and oxygen atoms in total. The summed E-state index contributed by atoms with van der Waals surface area (Å²) in [5, 5.41) is 5.05. The van der Waals surface area contributed by atoms with E-state index in [2.05, 4.69) is 31.3 Å². The van der Waals surface area contributed by atoms with Gasteiger partial charge in [0.05, 0.1) is 10.0 Å². The molecular weight excluding hydrogens is 313 g/mol. The molecule has 2 aromatic rings. The van der Waals surface area contributed by atoms with E-state index in [1.165, 1.54) is 5.56 Å². The molecule has 0 aliphatic rings. The maximum atomic E-state index is 6.24. The number of halogens is 3. The van der Waals surface area contributed by atoms with E-state index < -0.39 is 0 Å². The van der Waals surface area contributed by atoms with Gasteiger partial charge in [-0.3, -0.25) is 0 Å². The Morgan fingerprint density at radius 3 is 2.05 bits per heavy atom. The van der Waals surface area contributed by atoms with Crippen molar-refractivity contribution in [1.82, 2.24) is 5.32 Å². The molecular formula is C16H16Cl3N. The Balaban J connectivity index is 2.35. The SMILES string of the molecule is CCNC(C)c1ccc(-c2c(Cl)cc(Cl)cc2Cl)cc1. The molecule has 0 aromatic heterocycles. The third kappa shape index (κ3) is 3.48. The average molecular weight is 329 g/mol. The van der Waals surface area contributed by atoms with Crippen LogP contribution in [0.4, 0.5) is 0 Å². The summed E-state index contributed by atoms with van der Waals surface area (Å²) in [6.07, 6.45) is 0. The van der Waals surface area contributed by atoms with Crippen molar-refractivity contribution in [3.63, 3.8) is 0 Å². The normalized spacial score (nSPS) is 12.4. The van der Waals surface area contributed by atoms with Crippen molar-refractivity contribution in [2.45, 2.75) is 19.9 Å². The minimum absolute atomic E-state index is 0.324. The van der Waals surface area contributed by atoms with Crippen LogP contribution in [0.5, 0.6) is 0 Å². The predicted octanol–water partition coefficient (Wildman–Crippen LogP) is 5.98. The first-order valence-electron chi connectivity index (χ1n) is 6.51. The summed E-state index contributed by atoms with van der Waals surface area (Å²) in [7, 11) is 0. The van der Waals surface area contributed by atoms with Crippen molar-refractivity contribution in [2.75, 3.05) is 6.54 Å². The van der Waals surface area contributed by atoms with E-state index in [4.69, 9.17) is 34.8 Å². The Labute approximate surface area is 134 Å². The van der Waals surface area contributed by atoms with Crippen molar-refractivity contribution >= 4 is 34.8 Å². The highest BCUT2D eigenvalue weighted by Gasteiger charge is 2.11. The summed E-state index contributed by atoms with van der Waals surface area (Å²) in [6.45, 7) is 5.18. The molecule has 1 N–H and O–H groups in total. The first-order valence-corrected chi connectivity index (χ1v) is 7.64. The van der Waals surface area contributed by atoms with E-state index in [9.17, 15) is 0 Å². The van der Waals surface area contributed by atoms with Gasteiger partial charge in [-0.05, 0) is 36.7 Å². The highest BCUT2D eigenvalue weighted by Crippen LogP contribution is 2.37. The van der Waals surface area contributed by atoms with E-state index in [-0.39, 0.29) is 0 Å². The second kappa shape index (κ2) is 6.82. The van der Waals surface area contributed by atoms with Crippen LogP contribution in [0, 0.1) is 0 Å². The van der Waals surface area contributed by atoms with E-state index in [1.54, 1.807) is 12.1 Å². The van der Waals surface area contributed by atoms with Gasteiger partial charge in [-0.25, -0.2) is 0 Å². The zero-order valence-electron chi connectivity index (χ0n) is 11.4. The topological polar surface area (TPSA) is 12.0 Å². The molecule has 2 rings (SSSR count). The highest BCUT2D eigenvalue weighted by atomic mass is 35.5. The standard InChI is InChI=1S/C16H16Cl3N/c1-3-20-10(2)11-4-6-12(7-5-11)16-14(18)8-13(17)9-15(16)19/h4-10,20H,3H2,1-2H3. The summed E-state index contributed by atoms with van der Waals surface area (Å²) < 4.78 is 0. The third-order valence-electron chi connectivity index (χ3n) is 3.22. The lowest BCUT2D eigenvalue weighted by Crippen LogP contribution is -2.17. The zero-order chi connectivity index (χ0) is 14.7. The average Bonchev–Trinajstić information content (AvgIpc) is 2.38. The van der Waals surface area contributed by atoms with Crippen LogP contribution in [0.15, 0.2) is 36.4 Å². The maximum Gasteiger partial charge on any atom is 0.0514 e. The smallest absolute Gasteiger partial charge is 0.0514 e. The number of rotatable bonds is 4. The van der Waals surface area contributed by atoms with E-state index >= 15 is 0 Å². The number of hydrogen-bond acceptors (Lipinski definition) is 1. The Morgan fingerprint density at radius 2 is 1.55 bits per heavy atom. The van der Waals surface area contributed by atoms with Gasteiger partial charge in [-0.2, -0.15) is 0 Å². The van der Waals surface area contributed by atoms with Crippen molar-refractivity contribution in [3.8, 4) is 11.1 Å². The molecule has 0 aliphatic heterocycles. The Kier molecular flexibility index (Phi) is 5.34. The van der Waals surface area contributed by atoms with Crippen LogP contribution in [0.3, 0.4) is 0 Å². The lowest BCUT2D eigenvalue weighted by molar-refractivity contribution is 0.598. The molecule has 0 heterocycles. The monoisotopic (exact) mass is 327 g/mol. The minimum atomic E-state index is 0.324. The van der Waals surface area contributed by atoms with Gasteiger partial charge in [-0.15, -0.1) is 0 Å². The summed E-state index contributed by atoms with van der Waals surface area (Å²) in [4.78, 5) is 0. The van der Waals surface area contributed by atoms with Gasteiger partial charge in [0.25, 0.3) is 0 Å². The minimum Gasteiger partial charge on any atom is -0.310 e. The molecule has 0 fully saturated rings. The fourth-order valence-corrected chi connectivity index (χ4v) is 3.22. The van der Waals surface area contributed by atoms with Crippen LogP contribution in [0.25, 0.3) is 11.1 Å². The summed E-state index contributed by atoms with van der Waals surface area (Å²) in [6, 6.07) is 12.0. The molecule has 0 saturated carbocycles. The quantitative estimate of drug-likeness (QED) is 0.727. The van der Waals surface area contributed by atoms with Gasteiger partial charge < -0.3 is 5.32 Å². The van der Waals surface area contributed by atoms with Crippen LogP contribution in [-0.2, 0) is 0 Å². The van der Waals surface area contributed by atoms with Crippen LogP contribution >= 0.6 is 34.8 Å². The van der Waals surface area contributed by atoms with Crippen LogP contribution in [0.1, 0.15) is 25.5 Å². The van der Waals surface area contributed by atoms with E-state index in [0.717, 1.165) is 17.7 Å². The van der Waals surface area contributed by atoms with Crippen LogP contribution < -0.4 is 5.32 Å². The molecule has 0 amide bonds. The number of nitrogens with one attached hydrogen (secondary N) is 1. The molecule has 4 heteroatoms. The van der Waals surface area contributed by atoms with Crippen molar-refractivity contribution < 1.29 is 0 Å². The first kappa shape index (κ1) is 15.7. The fraction of sp³-hybridized carbons (Fsp3) is 0.250. The van der Waals surface area contributed by atoms with Gasteiger partial charge in [-0.1, -0.05) is 66.0 Å². The maximum absolute atomic E-state index is 6.24. The molecule has 0 bridgehead atoms. The summed E-state index contributed by atoms with van der Waals surface area (Å²) >= 11 is 18.4. The first-order chi connectivity index (χ1) is 9.52. The molecule has 0 saturated heterocycles. The Morgan fingerprint density at radius 1 is 1.00 bits per heavy atom. The van der Waals surface area contributed by atoms with Crippen molar-refractivity contribution in [1.29, 1.82) is 0 Å². The summed E-state index contributed by atoms with van der Waals surface area (Å²) in [5.74, 6) is 0. The van der Waals surface area contributed by atoms with E-state index in [0.29, 0.717) is 21.1 Å². The molecule has 2 aromatic carbocycles. The molecule has 0 radical (unpaired) electrons. The molecule has 1 atom stereocenters. The van der Waals surface area contributed by atoms with Gasteiger partial charge in [0.1, 0.15) is 0 Å². The van der Waals surface area contributed by atoms with Gasteiger partial charge in [0.15, 0.2) is 0 Å². The van der Waals surface area contributed by atoms with Gasteiger partial charge in [0, 0.05) is 16.6 Å². The largest absolute Gasteiger partial charge is 0.310 e. The molecule has 20 heavy (non-hydrogen) atoms. The van der Waals surface area contributed by atoms with Crippen molar-refractivity contribution in [2.24, 2.45) is 0 Å². The Bertz CT molecular complexity index is 570. The fourth-order valence-electron chi connectivity index (χ4n) is 2.18. The summed E-state index contributed by atoms with van der Waals surface area (Å²) in [5.41, 5.74) is 3.04. The zero-order valence-corrected chi connectivity index (χ0v) is 13.7. The van der Waals surface area contributed by atoms with E-state index in [1.807, 2.05) is 12.1 Å². The molecule has 1 unspecified atom stereocenters. The number of hydrogen-bond donors (Lipinski definition) is 1. The second-order valence-electron chi connectivity index (χ2n) is 4.65.